The van der Waals surface area contributed by atoms with E-state index in [9.17, 15) is 4.79 Å². The Morgan fingerprint density at radius 2 is 2.27 bits per heavy atom. The summed E-state index contributed by atoms with van der Waals surface area (Å²) in [6, 6.07) is 0. The van der Waals surface area contributed by atoms with E-state index in [0.29, 0.717) is 6.54 Å². The fraction of sp³-hybridized carbons (Fsp3) is 0.889. The molecule has 1 unspecified atom stereocenters. The molecule has 0 radical (unpaired) electrons. The van der Waals surface area contributed by atoms with Crippen molar-refractivity contribution in [2.45, 2.75) is 18.6 Å². The molecule has 1 rings (SSSR count). The maximum Gasteiger partial charge on any atom is 0.253 e. The summed E-state index contributed by atoms with van der Waals surface area (Å²) in [5, 5.41) is 0. The number of halogens is 1. The van der Waals surface area contributed by atoms with Crippen LogP contribution >= 0.6 is 12.4 Å². The average molecular weight is 239 g/mol. The predicted octanol–water partition coefficient (Wildman–Crippen LogP) is -0.371. The van der Waals surface area contributed by atoms with Crippen LogP contribution in [0.5, 0.6) is 0 Å². The number of carbonyl (C=O) groups is 1. The number of hydrogen-bond donors (Lipinski definition) is 1. The Morgan fingerprint density at radius 3 is 2.67 bits per heavy atom. The highest BCUT2D eigenvalue weighted by Gasteiger charge is 2.30. The third-order valence-corrected chi connectivity index (χ3v) is 2.56. The van der Waals surface area contributed by atoms with Gasteiger partial charge in [-0.1, -0.05) is 0 Å². The third-order valence-electron chi connectivity index (χ3n) is 2.56. The number of carbonyl (C=O) groups excluding carboxylic acids is 1. The number of methoxy groups -OCH3 is 2. The highest BCUT2D eigenvalue weighted by Crippen LogP contribution is 2.13. The molecule has 0 aromatic carbocycles. The van der Waals surface area contributed by atoms with Crippen LogP contribution in [0, 0.1) is 0 Å². The van der Waals surface area contributed by atoms with Crippen molar-refractivity contribution in [2.75, 3.05) is 33.9 Å². The summed E-state index contributed by atoms with van der Waals surface area (Å²) in [5.74, 6) is -0.0328. The minimum absolute atomic E-state index is 0. The number of rotatable bonds is 4. The van der Waals surface area contributed by atoms with Gasteiger partial charge in [0.05, 0.1) is 6.10 Å². The zero-order valence-corrected chi connectivity index (χ0v) is 9.96. The molecule has 2 N–H and O–H groups in total. The Hall–Kier alpha value is -0.360. The van der Waals surface area contributed by atoms with E-state index in [1.165, 1.54) is 7.11 Å². The lowest BCUT2D eigenvalue weighted by molar-refractivity contribution is -0.140. The zero-order chi connectivity index (χ0) is 10.6. The van der Waals surface area contributed by atoms with Gasteiger partial charge >= 0.3 is 0 Å². The Morgan fingerprint density at radius 1 is 1.60 bits per heavy atom. The van der Waals surface area contributed by atoms with Gasteiger partial charge in [-0.05, 0) is 6.42 Å². The molecular formula is C9H19ClN2O3. The second-order valence-electron chi connectivity index (χ2n) is 3.39. The molecule has 1 fully saturated rings. The minimum atomic E-state index is -0.509. The van der Waals surface area contributed by atoms with Crippen molar-refractivity contribution in [1.82, 2.24) is 4.90 Å². The van der Waals surface area contributed by atoms with Crippen LogP contribution in [0.2, 0.25) is 0 Å². The van der Waals surface area contributed by atoms with Crippen molar-refractivity contribution < 1.29 is 14.3 Å². The molecule has 1 aliphatic rings. The van der Waals surface area contributed by atoms with E-state index in [1.54, 1.807) is 12.0 Å². The van der Waals surface area contributed by atoms with Crippen LogP contribution in [0.1, 0.15) is 6.42 Å². The van der Waals surface area contributed by atoms with E-state index < -0.39 is 6.10 Å². The van der Waals surface area contributed by atoms with Gasteiger partial charge in [-0.25, -0.2) is 0 Å². The molecule has 0 aliphatic carbocycles. The minimum Gasteiger partial charge on any atom is -0.380 e. The Balaban J connectivity index is 0.00000196. The molecule has 0 aromatic rings. The smallest absolute Gasteiger partial charge is 0.253 e. The average Bonchev–Trinajstić information content (AvgIpc) is 2.67. The molecule has 90 valence electrons. The van der Waals surface area contributed by atoms with Crippen molar-refractivity contribution in [2.24, 2.45) is 5.73 Å². The molecule has 1 saturated heterocycles. The van der Waals surface area contributed by atoms with E-state index in [1.807, 2.05) is 0 Å². The second-order valence-corrected chi connectivity index (χ2v) is 3.39. The van der Waals surface area contributed by atoms with E-state index in [0.717, 1.165) is 13.0 Å². The first-order valence-corrected chi connectivity index (χ1v) is 4.77. The fourth-order valence-corrected chi connectivity index (χ4v) is 1.62. The quantitative estimate of drug-likeness (QED) is 0.726. The summed E-state index contributed by atoms with van der Waals surface area (Å²) in [4.78, 5) is 13.5. The molecular weight excluding hydrogens is 220 g/mol. The van der Waals surface area contributed by atoms with Crippen molar-refractivity contribution in [3.63, 3.8) is 0 Å². The summed E-state index contributed by atoms with van der Waals surface area (Å²) >= 11 is 0. The van der Waals surface area contributed by atoms with Crippen molar-refractivity contribution >= 4 is 18.3 Å². The molecule has 5 nitrogen and oxygen atoms in total. The number of ether oxygens (including phenoxy) is 2. The molecule has 1 heterocycles. The monoisotopic (exact) mass is 238 g/mol. The molecule has 0 saturated carbocycles. The molecule has 1 aliphatic heterocycles. The van der Waals surface area contributed by atoms with Crippen LogP contribution in [0.3, 0.4) is 0 Å². The predicted molar refractivity (Wildman–Crippen MR) is 59.1 cm³/mol. The largest absolute Gasteiger partial charge is 0.380 e. The van der Waals surface area contributed by atoms with Crippen molar-refractivity contribution in [3.05, 3.63) is 0 Å². The number of nitrogens with two attached hydrogens (primary N) is 1. The summed E-state index contributed by atoms with van der Waals surface area (Å²) in [6.07, 6.45) is 0.545. The normalized spacial score (nSPS) is 22.3. The first-order chi connectivity index (χ1) is 6.72. The van der Waals surface area contributed by atoms with Gasteiger partial charge < -0.3 is 20.1 Å². The number of nitrogens with zero attached hydrogens (tertiary/aromatic N) is 1. The van der Waals surface area contributed by atoms with Gasteiger partial charge in [-0.15, -0.1) is 12.4 Å². The molecule has 15 heavy (non-hydrogen) atoms. The maximum absolute atomic E-state index is 11.7. The molecule has 0 bridgehead atoms. The van der Waals surface area contributed by atoms with Crippen LogP contribution in [0.4, 0.5) is 0 Å². The highest BCUT2D eigenvalue weighted by molar-refractivity contribution is 5.85. The number of likely N-dealkylation sites (tertiary alicyclic amines) is 1. The SMILES string of the molecule is COC(CN)C(=O)N1CC[C@H](OC)C1.Cl. The fourth-order valence-electron chi connectivity index (χ4n) is 1.62. The van der Waals surface area contributed by atoms with E-state index in [4.69, 9.17) is 15.2 Å². The first-order valence-electron chi connectivity index (χ1n) is 4.77. The molecule has 2 atom stereocenters. The van der Waals surface area contributed by atoms with Gasteiger partial charge in [0.15, 0.2) is 0 Å². The van der Waals surface area contributed by atoms with Gasteiger partial charge in [0.1, 0.15) is 6.10 Å². The summed E-state index contributed by atoms with van der Waals surface area (Å²) in [7, 11) is 3.16. The Kier molecular flexibility index (Phi) is 6.84. The standard InChI is InChI=1S/C9H18N2O3.ClH/c1-13-7-3-4-11(6-7)9(12)8(5-10)14-2;/h7-8H,3-6,10H2,1-2H3;1H/t7-,8?;/m0./s1. The second kappa shape index (κ2) is 7.00. The van der Waals surface area contributed by atoms with Gasteiger partial charge in [0, 0.05) is 33.9 Å². The third kappa shape index (κ3) is 3.61. The summed E-state index contributed by atoms with van der Waals surface area (Å²) in [5.41, 5.74) is 5.42. The van der Waals surface area contributed by atoms with Crippen LogP contribution in [0.15, 0.2) is 0 Å². The topological polar surface area (TPSA) is 64.8 Å². The van der Waals surface area contributed by atoms with Crippen molar-refractivity contribution in [1.29, 1.82) is 0 Å². The summed E-state index contributed by atoms with van der Waals surface area (Å²) < 4.78 is 10.2. The number of amides is 1. The molecule has 1 amide bonds. The lowest BCUT2D eigenvalue weighted by Crippen LogP contribution is -2.42. The Bertz CT molecular complexity index is 200. The van der Waals surface area contributed by atoms with E-state index in [-0.39, 0.29) is 31.0 Å². The van der Waals surface area contributed by atoms with Gasteiger partial charge in [0.25, 0.3) is 5.91 Å². The molecule has 0 spiro atoms. The van der Waals surface area contributed by atoms with Gasteiger partial charge in [0.2, 0.25) is 0 Å². The van der Waals surface area contributed by atoms with Gasteiger partial charge in [-0.3, -0.25) is 4.79 Å². The molecule has 0 aromatic heterocycles. The Labute approximate surface area is 96.3 Å². The first kappa shape index (κ1) is 14.6. The van der Waals surface area contributed by atoms with Crippen molar-refractivity contribution in [3.8, 4) is 0 Å². The van der Waals surface area contributed by atoms with Gasteiger partial charge in [-0.2, -0.15) is 0 Å². The van der Waals surface area contributed by atoms with E-state index >= 15 is 0 Å². The number of hydrogen-bond acceptors (Lipinski definition) is 4. The lowest BCUT2D eigenvalue weighted by Gasteiger charge is -2.21. The van der Waals surface area contributed by atoms with Crippen LogP contribution < -0.4 is 5.73 Å². The zero-order valence-electron chi connectivity index (χ0n) is 9.14. The van der Waals surface area contributed by atoms with Crippen LogP contribution in [-0.4, -0.2) is 56.9 Å². The maximum atomic E-state index is 11.7. The van der Waals surface area contributed by atoms with E-state index in [2.05, 4.69) is 0 Å². The highest BCUT2D eigenvalue weighted by atomic mass is 35.5. The van der Waals surface area contributed by atoms with Crippen LogP contribution in [0.25, 0.3) is 0 Å². The summed E-state index contributed by atoms with van der Waals surface area (Å²) in [6.45, 7) is 1.61. The molecule has 6 heteroatoms. The lowest BCUT2D eigenvalue weighted by atomic mass is 10.3. The van der Waals surface area contributed by atoms with Crippen LogP contribution in [-0.2, 0) is 14.3 Å².